The van der Waals surface area contributed by atoms with Gasteiger partial charge < -0.3 is 5.32 Å². The van der Waals surface area contributed by atoms with Crippen LogP contribution in [0.3, 0.4) is 0 Å². The third kappa shape index (κ3) is 9.69. The zero-order chi connectivity index (χ0) is 12.4. The zero-order valence-electron chi connectivity index (χ0n) is 10.8. The van der Waals surface area contributed by atoms with Crippen LogP contribution in [0, 0.1) is 0 Å². The fraction of sp³-hybridized carbons (Fsp3) is 0.846. The Bertz CT molecular complexity index is 212. The van der Waals surface area contributed by atoms with Gasteiger partial charge >= 0.3 is 0 Å². The van der Waals surface area contributed by atoms with E-state index in [0.717, 1.165) is 25.7 Å². The molecular formula is C13H25NO2. The molecule has 0 bridgehead atoms. The molecule has 3 nitrogen and oxygen atoms in total. The standard InChI is InChI=1S/C13H25NO2/c1-4-12(15)9-7-5-6-8-10-13(16)14-11(2)3/h11H,4-10H2,1-3H3,(H,14,16). The lowest BCUT2D eigenvalue weighted by molar-refractivity contribution is -0.122. The van der Waals surface area contributed by atoms with Gasteiger partial charge in [-0.25, -0.2) is 0 Å². The Morgan fingerprint density at radius 1 is 1.00 bits per heavy atom. The Labute approximate surface area is 99.0 Å². The molecule has 0 aliphatic rings. The lowest BCUT2D eigenvalue weighted by Crippen LogP contribution is -2.29. The van der Waals surface area contributed by atoms with Gasteiger partial charge in [0.25, 0.3) is 0 Å². The average Bonchev–Trinajstić information content (AvgIpc) is 2.21. The molecule has 1 N–H and O–H groups in total. The van der Waals surface area contributed by atoms with Gasteiger partial charge in [-0.2, -0.15) is 0 Å². The van der Waals surface area contributed by atoms with E-state index in [0.29, 0.717) is 25.0 Å². The van der Waals surface area contributed by atoms with Crippen LogP contribution < -0.4 is 5.32 Å². The van der Waals surface area contributed by atoms with E-state index in [-0.39, 0.29) is 11.9 Å². The first kappa shape index (κ1) is 15.1. The van der Waals surface area contributed by atoms with Crippen LogP contribution in [0.15, 0.2) is 0 Å². The molecule has 0 aromatic carbocycles. The number of ketones is 1. The minimum absolute atomic E-state index is 0.139. The van der Waals surface area contributed by atoms with E-state index < -0.39 is 0 Å². The lowest BCUT2D eigenvalue weighted by atomic mass is 10.1. The van der Waals surface area contributed by atoms with Crippen molar-refractivity contribution in [1.82, 2.24) is 5.32 Å². The maximum absolute atomic E-state index is 11.3. The van der Waals surface area contributed by atoms with Crippen molar-refractivity contribution in [2.75, 3.05) is 0 Å². The van der Waals surface area contributed by atoms with E-state index in [1.54, 1.807) is 0 Å². The second-order valence-corrected chi connectivity index (χ2v) is 4.53. The lowest BCUT2D eigenvalue weighted by Gasteiger charge is -2.07. The van der Waals surface area contributed by atoms with Crippen LogP contribution in [-0.4, -0.2) is 17.7 Å². The van der Waals surface area contributed by atoms with Crippen molar-refractivity contribution in [2.45, 2.75) is 71.8 Å². The predicted octanol–water partition coefficient (Wildman–Crippen LogP) is 2.83. The van der Waals surface area contributed by atoms with Gasteiger partial charge in [0, 0.05) is 25.3 Å². The van der Waals surface area contributed by atoms with E-state index in [2.05, 4.69) is 5.32 Å². The van der Waals surface area contributed by atoms with Gasteiger partial charge in [0.15, 0.2) is 0 Å². The number of rotatable bonds is 9. The van der Waals surface area contributed by atoms with Gasteiger partial charge in [-0.1, -0.05) is 19.8 Å². The molecule has 0 aliphatic carbocycles. The first-order valence-corrected chi connectivity index (χ1v) is 6.37. The molecule has 0 aromatic heterocycles. The fourth-order valence-corrected chi connectivity index (χ4v) is 1.53. The maximum atomic E-state index is 11.3. The molecule has 0 unspecified atom stereocenters. The first-order valence-electron chi connectivity index (χ1n) is 6.37. The van der Waals surface area contributed by atoms with Gasteiger partial charge in [-0.05, 0) is 26.7 Å². The molecule has 0 aliphatic heterocycles. The molecule has 94 valence electrons. The summed E-state index contributed by atoms with van der Waals surface area (Å²) < 4.78 is 0. The Hall–Kier alpha value is -0.860. The average molecular weight is 227 g/mol. The predicted molar refractivity (Wildman–Crippen MR) is 66.3 cm³/mol. The van der Waals surface area contributed by atoms with Crippen molar-refractivity contribution in [3.63, 3.8) is 0 Å². The summed E-state index contributed by atoms with van der Waals surface area (Å²) in [6.07, 6.45) is 5.96. The van der Waals surface area contributed by atoms with E-state index in [9.17, 15) is 9.59 Å². The van der Waals surface area contributed by atoms with Crippen LogP contribution in [0.25, 0.3) is 0 Å². The Balaban J connectivity index is 3.27. The van der Waals surface area contributed by atoms with Crippen LogP contribution in [0.5, 0.6) is 0 Å². The van der Waals surface area contributed by atoms with Gasteiger partial charge in [-0.15, -0.1) is 0 Å². The summed E-state index contributed by atoms with van der Waals surface area (Å²) >= 11 is 0. The highest BCUT2D eigenvalue weighted by atomic mass is 16.1. The molecule has 0 heterocycles. The minimum Gasteiger partial charge on any atom is -0.354 e. The molecule has 0 rings (SSSR count). The molecule has 0 fully saturated rings. The largest absolute Gasteiger partial charge is 0.354 e. The summed E-state index contributed by atoms with van der Waals surface area (Å²) in [4.78, 5) is 22.3. The molecule has 0 radical (unpaired) electrons. The van der Waals surface area contributed by atoms with Crippen LogP contribution >= 0.6 is 0 Å². The van der Waals surface area contributed by atoms with Crippen molar-refractivity contribution in [3.05, 3.63) is 0 Å². The van der Waals surface area contributed by atoms with Gasteiger partial charge in [-0.3, -0.25) is 9.59 Å². The monoisotopic (exact) mass is 227 g/mol. The number of Topliss-reactive ketones (excluding diaryl/α,β-unsaturated/α-hetero) is 1. The van der Waals surface area contributed by atoms with Crippen molar-refractivity contribution >= 4 is 11.7 Å². The third-order valence-corrected chi connectivity index (χ3v) is 2.45. The summed E-state index contributed by atoms with van der Waals surface area (Å²) in [5.41, 5.74) is 0. The Morgan fingerprint density at radius 3 is 2.06 bits per heavy atom. The maximum Gasteiger partial charge on any atom is 0.220 e. The number of amides is 1. The molecular weight excluding hydrogens is 202 g/mol. The van der Waals surface area contributed by atoms with E-state index in [4.69, 9.17) is 0 Å². The summed E-state index contributed by atoms with van der Waals surface area (Å²) in [5, 5.41) is 2.87. The molecule has 0 spiro atoms. The smallest absolute Gasteiger partial charge is 0.220 e. The third-order valence-electron chi connectivity index (χ3n) is 2.45. The van der Waals surface area contributed by atoms with Crippen LogP contribution in [-0.2, 0) is 9.59 Å². The Kier molecular flexibility index (Phi) is 8.87. The number of hydrogen-bond donors (Lipinski definition) is 1. The highest BCUT2D eigenvalue weighted by Gasteiger charge is 2.02. The molecule has 1 amide bonds. The highest BCUT2D eigenvalue weighted by molar-refractivity contribution is 5.77. The quantitative estimate of drug-likeness (QED) is 0.616. The SMILES string of the molecule is CCC(=O)CCCCCCC(=O)NC(C)C. The number of unbranched alkanes of at least 4 members (excludes halogenated alkanes) is 3. The second-order valence-electron chi connectivity index (χ2n) is 4.53. The van der Waals surface area contributed by atoms with E-state index in [1.165, 1.54) is 0 Å². The number of hydrogen-bond acceptors (Lipinski definition) is 2. The van der Waals surface area contributed by atoms with Crippen LogP contribution in [0.4, 0.5) is 0 Å². The van der Waals surface area contributed by atoms with Gasteiger partial charge in [0.05, 0.1) is 0 Å². The van der Waals surface area contributed by atoms with Crippen molar-refractivity contribution in [2.24, 2.45) is 0 Å². The van der Waals surface area contributed by atoms with Gasteiger partial charge in [0.1, 0.15) is 5.78 Å². The number of carbonyl (C=O) groups is 2. The topological polar surface area (TPSA) is 46.2 Å². The summed E-state index contributed by atoms with van der Waals surface area (Å²) in [6, 6.07) is 0.231. The van der Waals surface area contributed by atoms with Gasteiger partial charge in [0.2, 0.25) is 5.91 Å². The summed E-state index contributed by atoms with van der Waals surface area (Å²) in [5.74, 6) is 0.484. The van der Waals surface area contributed by atoms with Crippen LogP contribution in [0.2, 0.25) is 0 Å². The molecule has 16 heavy (non-hydrogen) atoms. The molecule has 0 aromatic rings. The summed E-state index contributed by atoms with van der Waals surface area (Å²) in [6.45, 7) is 5.83. The fourth-order valence-electron chi connectivity index (χ4n) is 1.53. The number of carbonyl (C=O) groups excluding carboxylic acids is 2. The summed E-state index contributed by atoms with van der Waals surface area (Å²) in [7, 11) is 0. The van der Waals surface area contributed by atoms with E-state index in [1.807, 2.05) is 20.8 Å². The molecule has 0 saturated heterocycles. The zero-order valence-corrected chi connectivity index (χ0v) is 10.8. The Morgan fingerprint density at radius 2 is 1.56 bits per heavy atom. The van der Waals surface area contributed by atoms with Crippen LogP contribution in [0.1, 0.15) is 65.7 Å². The second kappa shape index (κ2) is 9.37. The molecule has 0 atom stereocenters. The van der Waals surface area contributed by atoms with E-state index >= 15 is 0 Å². The molecule has 0 saturated carbocycles. The minimum atomic E-state index is 0.139. The van der Waals surface area contributed by atoms with Crippen molar-refractivity contribution in [1.29, 1.82) is 0 Å². The highest BCUT2D eigenvalue weighted by Crippen LogP contribution is 2.06. The van der Waals surface area contributed by atoms with Crippen molar-refractivity contribution < 1.29 is 9.59 Å². The number of nitrogens with one attached hydrogen (secondary N) is 1. The normalized spacial score (nSPS) is 10.5. The van der Waals surface area contributed by atoms with Crippen molar-refractivity contribution in [3.8, 4) is 0 Å². The molecule has 3 heteroatoms. The first-order chi connectivity index (χ1) is 7.56.